The molecule has 1 fully saturated rings. The van der Waals surface area contributed by atoms with E-state index in [1.807, 2.05) is 0 Å². The Hall–Kier alpha value is -2.87. The highest BCUT2D eigenvalue weighted by molar-refractivity contribution is 6.08. The van der Waals surface area contributed by atoms with E-state index in [-0.39, 0.29) is 48.7 Å². The molecule has 2 amide bonds. The molecule has 150 valence electrons. The Kier molecular flexibility index (Phi) is 6.30. The molecule has 1 aliphatic heterocycles. The van der Waals surface area contributed by atoms with Crippen LogP contribution in [0.25, 0.3) is 0 Å². The number of hydrogen-bond donors (Lipinski definition) is 3. The zero-order chi connectivity index (χ0) is 20.1. The fraction of sp³-hybridized carbons (Fsp3) is 0.450. The molecular formula is C20H25N3O5. The lowest BCUT2D eigenvalue weighted by Gasteiger charge is -2.15. The molecule has 8 nitrogen and oxygen atoms in total. The normalized spacial score (nSPS) is 17.2. The number of β-amino-alcohol motifs (C(OH)–C–C–N with tert-alkyl or cyclic N) is 1. The lowest BCUT2D eigenvalue weighted by molar-refractivity contribution is -0.136. The SMILES string of the molecule is COC(=O)C1=C(Nc2ccc(NC(=O)C3CCCC3)cc2)C(=O)N(CCO)C1. The summed E-state index contributed by atoms with van der Waals surface area (Å²) < 4.78 is 4.76. The Bertz CT molecular complexity index is 782. The van der Waals surface area contributed by atoms with Gasteiger partial charge in [-0.15, -0.1) is 0 Å². The molecule has 2 aliphatic rings. The van der Waals surface area contributed by atoms with Crippen LogP contribution in [0.1, 0.15) is 25.7 Å². The largest absolute Gasteiger partial charge is 0.466 e. The second-order valence-electron chi connectivity index (χ2n) is 6.97. The van der Waals surface area contributed by atoms with Crippen LogP contribution in [-0.4, -0.2) is 54.6 Å². The zero-order valence-corrected chi connectivity index (χ0v) is 15.9. The van der Waals surface area contributed by atoms with E-state index < -0.39 is 5.97 Å². The summed E-state index contributed by atoms with van der Waals surface area (Å²) >= 11 is 0. The van der Waals surface area contributed by atoms with E-state index in [1.165, 1.54) is 12.0 Å². The Morgan fingerprint density at radius 2 is 1.82 bits per heavy atom. The first-order valence-electron chi connectivity index (χ1n) is 9.43. The summed E-state index contributed by atoms with van der Waals surface area (Å²) in [7, 11) is 1.26. The van der Waals surface area contributed by atoms with Crippen LogP contribution in [0.4, 0.5) is 11.4 Å². The molecule has 0 saturated heterocycles. The number of nitrogens with one attached hydrogen (secondary N) is 2. The molecule has 0 aromatic heterocycles. The van der Waals surface area contributed by atoms with Gasteiger partial charge in [0.15, 0.2) is 0 Å². The zero-order valence-electron chi connectivity index (χ0n) is 15.9. The highest BCUT2D eigenvalue weighted by Crippen LogP contribution is 2.27. The highest BCUT2D eigenvalue weighted by Gasteiger charge is 2.34. The van der Waals surface area contributed by atoms with E-state index in [1.54, 1.807) is 24.3 Å². The number of anilines is 2. The standard InChI is InChI=1S/C20H25N3O5/c1-28-20(27)16-12-23(10-11-24)19(26)17(16)21-14-6-8-15(9-7-14)22-18(25)13-4-2-3-5-13/h6-9,13,21,24H,2-5,10-12H2,1H3,(H,22,25). The third kappa shape index (κ3) is 4.33. The monoisotopic (exact) mass is 387 g/mol. The number of nitrogens with zero attached hydrogens (tertiary/aromatic N) is 1. The van der Waals surface area contributed by atoms with Gasteiger partial charge in [-0.2, -0.15) is 0 Å². The van der Waals surface area contributed by atoms with Crippen molar-refractivity contribution in [2.24, 2.45) is 5.92 Å². The molecule has 0 unspecified atom stereocenters. The predicted octanol–water partition coefficient (Wildman–Crippen LogP) is 1.49. The van der Waals surface area contributed by atoms with E-state index in [0.717, 1.165) is 25.7 Å². The van der Waals surface area contributed by atoms with E-state index in [2.05, 4.69) is 10.6 Å². The van der Waals surface area contributed by atoms with Crippen molar-refractivity contribution in [3.05, 3.63) is 35.5 Å². The molecule has 28 heavy (non-hydrogen) atoms. The molecular weight excluding hydrogens is 362 g/mol. The number of amides is 2. The van der Waals surface area contributed by atoms with Crippen LogP contribution in [0, 0.1) is 5.92 Å². The second-order valence-corrected chi connectivity index (χ2v) is 6.97. The smallest absolute Gasteiger partial charge is 0.337 e. The van der Waals surface area contributed by atoms with Crippen LogP contribution in [0.5, 0.6) is 0 Å². The number of aliphatic hydroxyl groups is 1. The predicted molar refractivity (Wildman–Crippen MR) is 103 cm³/mol. The van der Waals surface area contributed by atoms with Crippen LogP contribution < -0.4 is 10.6 Å². The number of esters is 1. The van der Waals surface area contributed by atoms with Crippen molar-refractivity contribution in [3.8, 4) is 0 Å². The molecule has 0 spiro atoms. The van der Waals surface area contributed by atoms with E-state index in [9.17, 15) is 14.4 Å². The van der Waals surface area contributed by atoms with Crippen molar-refractivity contribution < 1.29 is 24.2 Å². The maximum Gasteiger partial charge on any atom is 0.337 e. The molecule has 3 rings (SSSR count). The summed E-state index contributed by atoms with van der Waals surface area (Å²) in [6, 6.07) is 6.96. The Morgan fingerprint density at radius 3 is 2.43 bits per heavy atom. The van der Waals surface area contributed by atoms with Crippen molar-refractivity contribution in [1.82, 2.24) is 4.90 Å². The van der Waals surface area contributed by atoms with Gasteiger partial charge >= 0.3 is 5.97 Å². The molecule has 8 heteroatoms. The summed E-state index contributed by atoms with van der Waals surface area (Å²) in [4.78, 5) is 38.1. The number of benzene rings is 1. The quantitative estimate of drug-likeness (QED) is 0.612. The third-order valence-electron chi connectivity index (χ3n) is 5.10. The molecule has 3 N–H and O–H groups in total. The van der Waals surface area contributed by atoms with Gasteiger partial charge < -0.3 is 25.4 Å². The molecule has 1 aliphatic carbocycles. The Labute approximate surface area is 163 Å². The lowest BCUT2D eigenvalue weighted by Crippen LogP contribution is -2.31. The number of rotatable bonds is 7. The summed E-state index contributed by atoms with van der Waals surface area (Å²) in [6.45, 7) is 0.0312. The van der Waals surface area contributed by atoms with Crippen LogP contribution in [-0.2, 0) is 19.1 Å². The fourth-order valence-electron chi connectivity index (χ4n) is 3.56. The fourth-order valence-corrected chi connectivity index (χ4v) is 3.56. The van der Waals surface area contributed by atoms with E-state index in [4.69, 9.17) is 9.84 Å². The van der Waals surface area contributed by atoms with Crippen molar-refractivity contribution in [2.45, 2.75) is 25.7 Å². The van der Waals surface area contributed by atoms with Crippen molar-refractivity contribution >= 4 is 29.2 Å². The first-order valence-corrected chi connectivity index (χ1v) is 9.43. The lowest BCUT2D eigenvalue weighted by atomic mass is 10.1. The minimum absolute atomic E-state index is 0.0412. The van der Waals surface area contributed by atoms with Crippen LogP contribution in [0.2, 0.25) is 0 Å². The van der Waals surface area contributed by atoms with Gasteiger partial charge in [0, 0.05) is 23.8 Å². The maximum atomic E-state index is 12.5. The van der Waals surface area contributed by atoms with E-state index >= 15 is 0 Å². The van der Waals surface area contributed by atoms with Crippen molar-refractivity contribution in [2.75, 3.05) is 37.4 Å². The van der Waals surface area contributed by atoms with Gasteiger partial charge in [0.25, 0.3) is 5.91 Å². The number of hydrogen-bond acceptors (Lipinski definition) is 6. The highest BCUT2D eigenvalue weighted by atomic mass is 16.5. The second kappa shape index (κ2) is 8.88. The number of methoxy groups -OCH3 is 1. The maximum absolute atomic E-state index is 12.5. The van der Waals surface area contributed by atoms with Gasteiger partial charge in [-0.05, 0) is 37.1 Å². The molecule has 1 aromatic rings. The summed E-state index contributed by atoms with van der Waals surface area (Å²) in [5, 5.41) is 15.0. The number of aliphatic hydroxyl groups excluding tert-OH is 1. The molecule has 1 saturated carbocycles. The van der Waals surface area contributed by atoms with Crippen LogP contribution >= 0.6 is 0 Å². The van der Waals surface area contributed by atoms with Crippen molar-refractivity contribution in [3.63, 3.8) is 0 Å². The minimum Gasteiger partial charge on any atom is -0.466 e. The number of carbonyl (C=O) groups excluding carboxylic acids is 3. The average Bonchev–Trinajstić information content (AvgIpc) is 3.34. The molecule has 0 bridgehead atoms. The van der Waals surface area contributed by atoms with E-state index in [0.29, 0.717) is 11.4 Å². The minimum atomic E-state index is -0.586. The summed E-state index contributed by atoms with van der Waals surface area (Å²) in [6.07, 6.45) is 4.06. The summed E-state index contributed by atoms with van der Waals surface area (Å²) in [5.74, 6) is -0.830. The van der Waals surface area contributed by atoms with Gasteiger partial charge in [0.2, 0.25) is 5.91 Å². The van der Waals surface area contributed by atoms with Gasteiger partial charge in [-0.3, -0.25) is 9.59 Å². The number of ether oxygens (including phenoxy) is 1. The van der Waals surface area contributed by atoms with Crippen molar-refractivity contribution in [1.29, 1.82) is 0 Å². The number of carbonyl (C=O) groups is 3. The Balaban J connectivity index is 1.69. The third-order valence-corrected chi connectivity index (χ3v) is 5.10. The van der Waals surface area contributed by atoms with Gasteiger partial charge in [0.1, 0.15) is 5.70 Å². The van der Waals surface area contributed by atoms with Gasteiger partial charge in [-0.1, -0.05) is 12.8 Å². The summed E-state index contributed by atoms with van der Waals surface area (Å²) in [5.41, 5.74) is 1.65. The van der Waals surface area contributed by atoms with Crippen LogP contribution in [0.15, 0.2) is 35.5 Å². The molecule has 0 atom stereocenters. The average molecular weight is 387 g/mol. The topological polar surface area (TPSA) is 108 Å². The molecule has 1 aromatic carbocycles. The first kappa shape index (κ1) is 19.9. The van der Waals surface area contributed by atoms with Gasteiger partial charge in [0.05, 0.1) is 25.8 Å². The molecule has 1 heterocycles. The first-order chi connectivity index (χ1) is 13.5. The molecule has 0 radical (unpaired) electrons. The van der Waals surface area contributed by atoms with Gasteiger partial charge in [-0.25, -0.2) is 4.79 Å². The Morgan fingerprint density at radius 1 is 1.18 bits per heavy atom. The van der Waals surface area contributed by atoms with Crippen LogP contribution in [0.3, 0.4) is 0 Å².